The van der Waals surface area contributed by atoms with Gasteiger partial charge in [-0.15, -0.1) is 11.3 Å². The third kappa shape index (κ3) is 3.00. The molecule has 0 bridgehead atoms. The molecule has 0 aliphatic heterocycles. The van der Waals surface area contributed by atoms with Crippen molar-refractivity contribution in [1.29, 1.82) is 0 Å². The molecule has 1 aromatic rings. The Labute approximate surface area is 94.5 Å². The van der Waals surface area contributed by atoms with Gasteiger partial charge in [-0.2, -0.15) is 0 Å². The maximum atomic E-state index is 9.57. The van der Waals surface area contributed by atoms with Gasteiger partial charge in [0.15, 0.2) is 0 Å². The van der Waals surface area contributed by atoms with Gasteiger partial charge in [0.05, 0.1) is 17.3 Å². The molecule has 1 aliphatic rings. The fraction of sp³-hybridized carbons (Fsp3) is 0.727. The van der Waals surface area contributed by atoms with Crippen LogP contribution in [0.1, 0.15) is 44.3 Å². The molecule has 0 saturated heterocycles. The molecule has 15 heavy (non-hydrogen) atoms. The number of nitrogens with one attached hydrogen (secondary N) is 1. The van der Waals surface area contributed by atoms with Gasteiger partial charge < -0.3 is 10.4 Å². The quantitative estimate of drug-likeness (QED) is 0.829. The zero-order chi connectivity index (χ0) is 10.7. The van der Waals surface area contributed by atoms with Crippen molar-refractivity contribution in [3.8, 4) is 0 Å². The first-order valence-electron chi connectivity index (χ1n) is 5.58. The van der Waals surface area contributed by atoms with E-state index in [1.165, 1.54) is 6.42 Å². The lowest BCUT2D eigenvalue weighted by atomic mass is 9.92. The minimum Gasteiger partial charge on any atom is -0.393 e. The molecule has 0 spiro atoms. The van der Waals surface area contributed by atoms with E-state index in [0.717, 1.165) is 25.0 Å². The van der Waals surface area contributed by atoms with Crippen molar-refractivity contribution >= 4 is 11.3 Å². The number of nitrogens with zero attached hydrogens (tertiary/aromatic N) is 1. The maximum absolute atomic E-state index is 9.57. The topological polar surface area (TPSA) is 45.1 Å². The van der Waals surface area contributed by atoms with Crippen LogP contribution in [0, 0.1) is 0 Å². The molecule has 1 aliphatic carbocycles. The summed E-state index contributed by atoms with van der Waals surface area (Å²) in [5.74, 6) is 0. The number of aliphatic hydroxyl groups excluding tert-OH is 1. The van der Waals surface area contributed by atoms with E-state index in [9.17, 15) is 5.11 Å². The van der Waals surface area contributed by atoms with Crippen LogP contribution in [0.3, 0.4) is 0 Å². The highest BCUT2D eigenvalue weighted by atomic mass is 32.1. The standard InChI is InChI=1S/C11H18N2OS/c1-8(11-6-15-7-12-11)13-9-3-2-4-10(14)5-9/h6-10,13-14H,2-5H2,1H3. The van der Waals surface area contributed by atoms with Crippen molar-refractivity contribution in [2.24, 2.45) is 0 Å². The molecular weight excluding hydrogens is 208 g/mol. The highest BCUT2D eigenvalue weighted by molar-refractivity contribution is 7.07. The van der Waals surface area contributed by atoms with Crippen LogP contribution in [0.5, 0.6) is 0 Å². The van der Waals surface area contributed by atoms with Gasteiger partial charge in [0.25, 0.3) is 0 Å². The fourth-order valence-corrected chi connectivity index (χ4v) is 2.84. The van der Waals surface area contributed by atoms with E-state index in [0.29, 0.717) is 12.1 Å². The molecule has 1 fully saturated rings. The molecule has 2 N–H and O–H groups in total. The van der Waals surface area contributed by atoms with E-state index in [2.05, 4.69) is 22.6 Å². The summed E-state index contributed by atoms with van der Waals surface area (Å²) in [5.41, 5.74) is 2.98. The number of aliphatic hydroxyl groups is 1. The van der Waals surface area contributed by atoms with Gasteiger partial charge in [-0.05, 0) is 32.6 Å². The van der Waals surface area contributed by atoms with Crippen LogP contribution < -0.4 is 5.32 Å². The van der Waals surface area contributed by atoms with E-state index < -0.39 is 0 Å². The summed E-state index contributed by atoms with van der Waals surface area (Å²) in [6.45, 7) is 2.13. The third-order valence-corrected chi connectivity index (χ3v) is 3.63. The zero-order valence-corrected chi connectivity index (χ0v) is 9.83. The van der Waals surface area contributed by atoms with E-state index in [1.807, 2.05) is 5.51 Å². The number of hydrogen-bond donors (Lipinski definition) is 2. The Bertz CT molecular complexity index is 289. The molecule has 0 amide bonds. The number of rotatable bonds is 3. The lowest BCUT2D eigenvalue weighted by molar-refractivity contribution is 0.109. The molecule has 84 valence electrons. The number of hydrogen-bond acceptors (Lipinski definition) is 4. The first-order valence-corrected chi connectivity index (χ1v) is 6.52. The van der Waals surface area contributed by atoms with Crippen molar-refractivity contribution in [3.63, 3.8) is 0 Å². The van der Waals surface area contributed by atoms with Crippen molar-refractivity contribution in [3.05, 3.63) is 16.6 Å². The molecule has 3 atom stereocenters. The first kappa shape index (κ1) is 11.0. The normalized spacial score (nSPS) is 28.9. The Hall–Kier alpha value is -0.450. The van der Waals surface area contributed by atoms with Crippen LogP contribution in [0.2, 0.25) is 0 Å². The molecule has 3 unspecified atom stereocenters. The lowest BCUT2D eigenvalue weighted by Gasteiger charge is -2.29. The summed E-state index contributed by atoms with van der Waals surface area (Å²) >= 11 is 1.63. The van der Waals surface area contributed by atoms with Gasteiger partial charge in [-0.3, -0.25) is 0 Å². The summed E-state index contributed by atoms with van der Waals surface area (Å²) in [6, 6.07) is 0.747. The Balaban J connectivity index is 1.86. The van der Waals surface area contributed by atoms with E-state index in [4.69, 9.17) is 0 Å². The molecule has 0 aromatic carbocycles. The van der Waals surface area contributed by atoms with Crippen LogP contribution in [-0.2, 0) is 0 Å². The second-order valence-corrected chi connectivity index (χ2v) is 5.04. The molecule has 4 heteroatoms. The predicted octanol–water partition coefficient (Wildman–Crippen LogP) is 2.10. The molecule has 1 saturated carbocycles. The number of thiazole rings is 1. The minimum absolute atomic E-state index is 0.112. The predicted molar refractivity (Wildman–Crippen MR) is 61.9 cm³/mol. The van der Waals surface area contributed by atoms with Crippen molar-refractivity contribution in [2.45, 2.75) is 50.8 Å². The maximum Gasteiger partial charge on any atom is 0.0795 e. The van der Waals surface area contributed by atoms with Crippen LogP contribution in [0.25, 0.3) is 0 Å². The molecule has 1 heterocycles. The zero-order valence-electron chi connectivity index (χ0n) is 9.02. The monoisotopic (exact) mass is 226 g/mol. The highest BCUT2D eigenvalue weighted by Gasteiger charge is 2.21. The molecule has 0 radical (unpaired) electrons. The van der Waals surface area contributed by atoms with Crippen LogP contribution in [-0.4, -0.2) is 22.2 Å². The Morgan fingerprint density at radius 3 is 3.13 bits per heavy atom. The molecular formula is C11H18N2OS. The first-order chi connectivity index (χ1) is 7.25. The van der Waals surface area contributed by atoms with Crippen molar-refractivity contribution < 1.29 is 5.11 Å². The van der Waals surface area contributed by atoms with Crippen LogP contribution >= 0.6 is 11.3 Å². The Morgan fingerprint density at radius 2 is 2.47 bits per heavy atom. The van der Waals surface area contributed by atoms with Crippen LogP contribution in [0.15, 0.2) is 10.9 Å². The molecule has 3 nitrogen and oxygen atoms in total. The average molecular weight is 226 g/mol. The number of aromatic nitrogens is 1. The summed E-state index contributed by atoms with van der Waals surface area (Å²) in [4.78, 5) is 4.29. The van der Waals surface area contributed by atoms with Gasteiger partial charge in [-0.1, -0.05) is 0 Å². The van der Waals surface area contributed by atoms with Gasteiger partial charge in [0.2, 0.25) is 0 Å². The third-order valence-electron chi connectivity index (χ3n) is 3.03. The smallest absolute Gasteiger partial charge is 0.0795 e. The summed E-state index contributed by atoms with van der Waals surface area (Å²) < 4.78 is 0. The molecule has 1 aromatic heterocycles. The van der Waals surface area contributed by atoms with Gasteiger partial charge in [0, 0.05) is 17.5 Å². The summed E-state index contributed by atoms with van der Waals surface area (Å²) in [6.07, 6.45) is 4.03. The van der Waals surface area contributed by atoms with E-state index in [-0.39, 0.29) is 6.10 Å². The largest absolute Gasteiger partial charge is 0.393 e. The van der Waals surface area contributed by atoms with Crippen LogP contribution in [0.4, 0.5) is 0 Å². The molecule has 2 rings (SSSR count). The van der Waals surface area contributed by atoms with Crippen molar-refractivity contribution in [2.75, 3.05) is 0 Å². The Morgan fingerprint density at radius 1 is 1.60 bits per heavy atom. The highest BCUT2D eigenvalue weighted by Crippen LogP contribution is 2.21. The van der Waals surface area contributed by atoms with E-state index >= 15 is 0 Å². The van der Waals surface area contributed by atoms with Gasteiger partial charge >= 0.3 is 0 Å². The summed E-state index contributed by atoms with van der Waals surface area (Å²) in [5, 5.41) is 15.2. The fourth-order valence-electron chi connectivity index (χ4n) is 2.19. The van der Waals surface area contributed by atoms with E-state index in [1.54, 1.807) is 11.3 Å². The lowest BCUT2D eigenvalue weighted by Crippen LogP contribution is -2.37. The second-order valence-electron chi connectivity index (χ2n) is 4.32. The van der Waals surface area contributed by atoms with Gasteiger partial charge in [-0.25, -0.2) is 4.98 Å². The second kappa shape index (κ2) is 5.05. The SMILES string of the molecule is CC(NC1CCCC(O)C1)c1cscn1. The Kier molecular flexibility index (Phi) is 3.72. The minimum atomic E-state index is -0.112. The summed E-state index contributed by atoms with van der Waals surface area (Å²) in [7, 11) is 0. The van der Waals surface area contributed by atoms with Gasteiger partial charge in [0.1, 0.15) is 0 Å². The van der Waals surface area contributed by atoms with Crippen molar-refractivity contribution in [1.82, 2.24) is 10.3 Å². The average Bonchev–Trinajstić information content (AvgIpc) is 2.70.